The molecule has 5 unspecified atom stereocenters. The second-order valence-electron chi connectivity index (χ2n) is 35.1. The van der Waals surface area contributed by atoms with Crippen LogP contribution in [0.3, 0.4) is 0 Å². The van der Waals surface area contributed by atoms with Gasteiger partial charge in [0.2, 0.25) is 16.4 Å². The summed E-state index contributed by atoms with van der Waals surface area (Å²) >= 11 is 1.98. The molecule has 1 aromatic heterocycles. The number of carbonyl (C=O) groups excluding carboxylic acids is 6. The molecule has 2 saturated carbocycles. The van der Waals surface area contributed by atoms with Gasteiger partial charge in [0.25, 0.3) is 19.7 Å². The third-order valence-electron chi connectivity index (χ3n) is 22.5. The van der Waals surface area contributed by atoms with E-state index in [4.69, 9.17) is 19.2 Å². The SMILES string of the molecule is C=C(C)C(=O)OCCCSCCCC(CC)(CC)C(=O)NC1=NC(Cc2c(C(C)C)c(C(=O)OC3C(C(C)(C)C)CC(C)CC3C(C)(C)C)c(NC(=O)C(CC)(CC)CCCSCC(=O)C(S(=O)(=O)C(F)(F)F)S(=O)(=O)C(F)(F)F)n2[N+](=O)[O-])C(C(C)C)=C1C(=O)OC1C(C(C)(C)C)CC(C)CC1C(C)(C)C. The van der Waals surface area contributed by atoms with Crippen LogP contribution in [0.25, 0.3) is 0 Å². The van der Waals surface area contributed by atoms with Crippen molar-refractivity contribution < 1.29 is 91.2 Å². The number of amidine groups is 1. The highest BCUT2D eigenvalue weighted by Gasteiger charge is 2.66. The Morgan fingerprint density at radius 2 is 1.02 bits per heavy atom. The minimum absolute atomic E-state index is 0.0107. The molecule has 0 bridgehead atoms. The molecule has 0 aromatic carbocycles. The first-order valence-corrected chi connectivity index (χ1v) is 43.1. The Morgan fingerprint density at radius 1 is 0.626 bits per heavy atom. The number of anilines is 1. The number of ether oxygens (including phenoxy) is 3. The van der Waals surface area contributed by atoms with Crippen LogP contribution in [0.2, 0.25) is 0 Å². The van der Waals surface area contributed by atoms with Crippen LogP contribution >= 0.6 is 23.5 Å². The fourth-order valence-corrected chi connectivity index (χ4v) is 21.4. The van der Waals surface area contributed by atoms with Crippen LogP contribution in [0, 0.1) is 84.0 Å². The average Bonchev–Trinajstić information content (AvgIpc) is 1.72. The molecule has 5 atom stereocenters. The van der Waals surface area contributed by atoms with Crippen LogP contribution in [0.5, 0.6) is 0 Å². The number of thioether (sulfide) groups is 2. The highest BCUT2D eigenvalue weighted by Crippen LogP contribution is 2.53. The normalized spacial score (nSPS) is 21.9. The van der Waals surface area contributed by atoms with Gasteiger partial charge in [0, 0.05) is 46.5 Å². The van der Waals surface area contributed by atoms with E-state index < -0.39 is 146 Å². The van der Waals surface area contributed by atoms with Crippen LogP contribution in [-0.2, 0) is 64.3 Å². The zero-order valence-electron chi connectivity index (χ0n) is 67.4. The van der Waals surface area contributed by atoms with Gasteiger partial charge in [-0.25, -0.2) is 41.3 Å². The number of alkyl halides is 6. The van der Waals surface area contributed by atoms with Gasteiger partial charge >= 0.3 is 28.9 Å². The van der Waals surface area contributed by atoms with Gasteiger partial charge in [-0.3, -0.25) is 19.4 Å². The molecule has 0 spiro atoms. The van der Waals surface area contributed by atoms with E-state index in [2.05, 4.69) is 114 Å². The number of nitro groups is 1. The Hall–Kier alpha value is -4.97. The quantitative estimate of drug-likeness (QED) is 0.0123. The van der Waals surface area contributed by atoms with E-state index in [-0.39, 0.29) is 113 Å². The summed E-state index contributed by atoms with van der Waals surface area (Å²) in [6, 6.07) is -1.18. The summed E-state index contributed by atoms with van der Waals surface area (Å²) in [5, 5.41) is 19.6. The number of nitrogens with zero attached hydrogens (tertiary/aromatic N) is 3. The van der Waals surface area contributed by atoms with Crippen molar-refractivity contribution >= 4 is 90.4 Å². The molecule has 0 radical (unpaired) electrons. The van der Waals surface area contributed by atoms with Crippen molar-refractivity contribution in [3.05, 3.63) is 50.2 Å². The lowest BCUT2D eigenvalue weighted by atomic mass is 9.59. The first-order chi connectivity index (χ1) is 48.8. The minimum Gasteiger partial charge on any atom is -0.462 e. The monoisotopic (exact) mass is 1600 g/mol. The zero-order valence-corrected chi connectivity index (χ0v) is 70.7. The Morgan fingerprint density at radius 3 is 1.38 bits per heavy atom. The molecule has 612 valence electrons. The number of halogens is 6. The van der Waals surface area contributed by atoms with Gasteiger partial charge in [0.05, 0.1) is 24.1 Å². The maximum absolute atomic E-state index is 16.1. The van der Waals surface area contributed by atoms with Gasteiger partial charge in [-0.15, -0.1) is 0 Å². The number of aromatic nitrogens is 1. The smallest absolute Gasteiger partial charge is 0.462 e. The minimum atomic E-state index is -7.27. The lowest BCUT2D eigenvalue weighted by Gasteiger charge is -2.50. The summed E-state index contributed by atoms with van der Waals surface area (Å²) in [7, 11) is -14.5. The van der Waals surface area contributed by atoms with Crippen LogP contribution in [0.4, 0.5) is 32.2 Å². The van der Waals surface area contributed by atoms with Gasteiger partial charge in [-0.1, -0.05) is 159 Å². The number of nitrogens with one attached hydrogen (secondary N) is 2. The second-order valence-corrected chi connectivity index (χ2v) is 41.7. The summed E-state index contributed by atoms with van der Waals surface area (Å²) in [6.45, 7) is 49.0. The third-order valence-corrected chi connectivity index (χ3v) is 29.2. The molecule has 1 aromatic rings. The van der Waals surface area contributed by atoms with Crippen LogP contribution in [0.15, 0.2) is 28.3 Å². The van der Waals surface area contributed by atoms with E-state index in [1.807, 2.05) is 27.7 Å². The van der Waals surface area contributed by atoms with Gasteiger partial charge in [0.1, 0.15) is 29.2 Å². The number of esters is 3. The molecular weight excluding hydrogens is 1480 g/mol. The van der Waals surface area contributed by atoms with Crippen LogP contribution in [0.1, 0.15) is 270 Å². The number of aliphatic imine (C=N–C) groups is 1. The molecule has 4 rings (SSSR count). The molecule has 2 N–H and O–H groups in total. The third kappa shape index (κ3) is 22.5. The van der Waals surface area contributed by atoms with E-state index in [1.54, 1.807) is 46.4 Å². The van der Waals surface area contributed by atoms with E-state index in [0.29, 0.717) is 84.0 Å². The Bertz CT molecular complexity index is 3570. The molecule has 30 heteroatoms. The summed E-state index contributed by atoms with van der Waals surface area (Å²) in [5.41, 5.74) is -16.9. The number of hydrogen-bond acceptors (Lipinski definition) is 18. The van der Waals surface area contributed by atoms with Crippen LogP contribution < -0.4 is 10.6 Å². The number of amides is 2. The van der Waals surface area contributed by atoms with Gasteiger partial charge in [-0.2, -0.15) is 49.9 Å². The summed E-state index contributed by atoms with van der Waals surface area (Å²) < 4.78 is 147. The molecule has 0 saturated heterocycles. The summed E-state index contributed by atoms with van der Waals surface area (Å²) in [5.74, 6) is -8.53. The summed E-state index contributed by atoms with van der Waals surface area (Å²) in [6.07, 6.45) is 3.11. The molecule has 2 heterocycles. The van der Waals surface area contributed by atoms with Crippen molar-refractivity contribution in [2.24, 2.45) is 78.9 Å². The van der Waals surface area contributed by atoms with E-state index >= 15 is 19.2 Å². The molecule has 107 heavy (non-hydrogen) atoms. The lowest BCUT2D eigenvalue weighted by molar-refractivity contribution is -0.541. The van der Waals surface area contributed by atoms with Crippen molar-refractivity contribution in [3.8, 4) is 0 Å². The predicted molar refractivity (Wildman–Crippen MR) is 410 cm³/mol. The predicted octanol–water partition coefficient (Wildman–Crippen LogP) is 17.8. The number of sulfone groups is 2. The van der Waals surface area contributed by atoms with Crippen molar-refractivity contribution in [1.29, 1.82) is 0 Å². The molecular formula is C77H123F6N5O15S4. The Balaban J connectivity index is 2.06. The maximum atomic E-state index is 16.1. The average molecular weight is 1600 g/mol. The number of ketones is 1. The fraction of sp³-hybridized carbons (Fsp3) is 0.805. The molecule has 2 fully saturated rings. The topological polar surface area (TPSA) is 283 Å². The van der Waals surface area contributed by atoms with E-state index in [1.165, 1.54) is 0 Å². The van der Waals surface area contributed by atoms with Crippen LogP contribution in [-0.4, -0.2) is 131 Å². The molecule has 2 amide bonds. The molecule has 1 aliphatic heterocycles. The molecule has 3 aliphatic rings. The molecule has 20 nitrogen and oxygen atoms in total. The second kappa shape index (κ2) is 36.7. The number of Topliss-reactive ketones (excluding diaryl/α,β-unsaturated/α-hetero) is 1. The summed E-state index contributed by atoms with van der Waals surface area (Å²) in [4.78, 5) is 108. The van der Waals surface area contributed by atoms with Crippen molar-refractivity contribution in [2.75, 3.05) is 34.9 Å². The van der Waals surface area contributed by atoms with Crippen molar-refractivity contribution in [3.63, 3.8) is 0 Å². The highest BCUT2D eigenvalue weighted by atomic mass is 32.3. The number of carbonyl (C=O) groups is 6. The van der Waals surface area contributed by atoms with E-state index in [9.17, 15) is 62.9 Å². The van der Waals surface area contributed by atoms with Gasteiger partial charge < -0.3 is 24.8 Å². The fourth-order valence-electron chi connectivity index (χ4n) is 16.1. The zero-order chi connectivity index (χ0) is 82.3. The molecule has 2 aliphatic carbocycles. The maximum Gasteiger partial charge on any atom is 0.499 e. The standard InChI is InChI=1S/C77H123F6N5O15S4/c1-25-74(26-2,32-29-35-104-37-31-34-101-64(90)46(9)10)68(93)85-62-58(65(91)102-60-49(70(13,14)15)38-47(11)39-50(60)71(16,17)18)56(44(5)6)53(84-62)42-54-57(45(7)8)59(66(92)103-61-51(72(19,20)21)40-48(12)41-52(61)73(22,23)24)63(87(54)88(95)96)86-69(94)75(27-3,28-4)33-30-36-105-43-55(89)67(106(97,98)76(78,79)80)107(99,100)77(81,82)83/h44-45,47-53,60-61,67H,9,25-43H2,1-8,10-24H3,(H,86,94)(H,84,85,93). The van der Waals surface area contributed by atoms with E-state index in [0.717, 1.165) is 12.8 Å². The van der Waals surface area contributed by atoms with Gasteiger partial charge in [0.15, 0.2) is 16.6 Å². The number of rotatable bonds is 34. The largest absolute Gasteiger partial charge is 0.499 e. The lowest BCUT2D eigenvalue weighted by Crippen LogP contribution is -2.50. The number of hydrogen-bond donors (Lipinski definition) is 2. The highest BCUT2D eigenvalue weighted by molar-refractivity contribution is 8.11. The van der Waals surface area contributed by atoms with Crippen molar-refractivity contribution in [2.45, 2.75) is 289 Å². The Kier molecular flexibility index (Phi) is 32.4. The first-order valence-electron chi connectivity index (χ1n) is 37.7. The first kappa shape index (κ1) is 94.4. The Labute approximate surface area is 641 Å². The van der Waals surface area contributed by atoms with Gasteiger partial charge in [-0.05, 0) is 169 Å². The van der Waals surface area contributed by atoms with Crippen molar-refractivity contribution in [1.82, 2.24) is 9.99 Å².